The van der Waals surface area contributed by atoms with Crippen molar-refractivity contribution in [3.05, 3.63) is 51.8 Å². The number of alkyl halides is 3. The first-order valence-corrected chi connectivity index (χ1v) is 6.21. The molecule has 20 heavy (non-hydrogen) atoms. The molecule has 0 radical (unpaired) electrons. The third-order valence-electron chi connectivity index (χ3n) is 2.51. The molecule has 3 nitrogen and oxygen atoms in total. The van der Waals surface area contributed by atoms with Crippen LogP contribution in [-0.4, -0.2) is 10.2 Å². The fourth-order valence-corrected chi connectivity index (χ4v) is 1.92. The summed E-state index contributed by atoms with van der Waals surface area (Å²) in [5.74, 6) is 0. The lowest BCUT2D eigenvalue weighted by Gasteiger charge is -2.14. The Kier molecular flexibility index (Phi) is 4.35. The standard InChI is InChI=1S/C12H8Cl2F3N3/c13-10-5-9(11(14)20-19-10)18-6-7-3-1-2-4-8(7)12(15,16)17/h1-5H,6H2,(H,18,19). The fraction of sp³-hybridized carbons (Fsp3) is 0.167. The molecule has 0 saturated carbocycles. The highest BCUT2D eigenvalue weighted by atomic mass is 35.5. The summed E-state index contributed by atoms with van der Waals surface area (Å²) >= 11 is 11.4. The number of benzene rings is 1. The summed E-state index contributed by atoms with van der Waals surface area (Å²) < 4.78 is 38.5. The normalized spacial score (nSPS) is 11.4. The Morgan fingerprint density at radius 3 is 2.50 bits per heavy atom. The van der Waals surface area contributed by atoms with E-state index in [4.69, 9.17) is 23.2 Å². The Morgan fingerprint density at radius 1 is 1.10 bits per heavy atom. The molecule has 106 valence electrons. The van der Waals surface area contributed by atoms with Crippen LogP contribution in [0.1, 0.15) is 11.1 Å². The molecule has 1 N–H and O–H groups in total. The Balaban J connectivity index is 2.21. The van der Waals surface area contributed by atoms with Gasteiger partial charge in [0, 0.05) is 12.6 Å². The predicted molar refractivity (Wildman–Crippen MR) is 70.8 cm³/mol. The van der Waals surface area contributed by atoms with Gasteiger partial charge in [-0.1, -0.05) is 41.4 Å². The minimum absolute atomic E-state index is 0.0406. The van der Waals surface area contributed by atoms with Crippen molar-refractivity contribution in [2.24, 2.45) is 0 Å². The van der Waals surface area contributed by atoms with Gasteiger partial charge in [0.1, 0.15) is 0 Å². The molecule has 2 aromatic rings. The van der Waals surface area contributed by atoms with Gasteiger partial charge in [-0.15, -0.1) is 10.2 Å². The van der Waals surface area contributed by atoms with Crippen LogP contribution in [0, 0.1) is 0 Å². The zero-order chi connectivity index (χ0) is 14.8. The first kappa shape index (κ1) is 14.9. The minimum atomic E-state index is -4.41. The van der Waals surface area contributed by atoms with E-state index in [1.165, 1.54) is 24.3 Å². The molecule has 0 aliphatic rings. The lowest BCUT2D eigenvalue weighted by atomic mass is 10.1. The van der Waals surface area contributed by atoms with E-state index in [2.05, 4.69) is 15.5 Å². The van der Waals surface area contributed by atoms with Crippen molar-refractivity contribution in [1.82, 2.24) is 10.2 Å². The smallest absolute Gasteiger partial charge is 0.378 e. The van der Waals surface area contributed by atoms with Gasteiger partial charge in [0.05, 0.1) is 11.3 Å². The molecule has 1 aromatic heterocycles. The van der Waals surface area contributed by atoms with Gasteiger partial charge in [-0.3, -0.25) is 0 Å². The monoisotopic (exact) mass is 321 g/mol. The first-order chi connectivity index (χ1) is 9.38. The molecule has 1 heterocycles. The zero-order valence-electron chi connectivity index (χ0n) is 9.88. The van der Waals surface area contributed by atoms with Crippen LogP contribution in [0.4, 0.5) is 18.9 Å². The SMILES string of the molecule is FC(F)(F)c1ccccc1CNc1cc(Cl)nnc1Cl. The summed E-state index contributed by atoms with van der Waals surface area (Å²) in [4.78, 5) is 0. The van der Waals surface area contributed by atoms with E-state index in [0.29, 0.717) is 5.69 Å². The molecular formula is C12H8Cl2F3N3. The van der Waals surface area contributed by atoms with E-state index in [-0.39, 0.29) is 22.4 Å². The molecule has 8 heteroatoms. The van der Waals surface area contributed by atoms with Gasteiger partial charge >= 0.3 is 6.18 Å². The summed E-state index contributed by atoms with van der Waals surface area (Å²) in [5.41, 5.74) is -0.274. The second-order valence-corrected chi connectivity index (χ2v) is 4.63. The molecule has 0 unspecified atom stereocenters. The highest BCUT2D eigenvalue weighted by Gasteiger charge is 2.32. The van der Waals surface area contributed by atoms with E-state index in [1.807, 2.05) is 0 Å². The molecule has 0 spiro atoms. The number of halogens is 5. The number of anilines is 1. The van der Waals surface area contributed by atoms with E-state index < -0.39 is 11.7 Å². The van der Waals surface area contributed by atoms with Gasteiger partial charge in [0.25, 0.3) is 0 Å². The molecule has 0 fully saturated rings. The minimum Gasteiger partial charge on any atom is -0.378 e. The van der Waals surface area contributed by atoms with Gasteiger partial charge in [0.2, 0.25) is 0 Å². The van der Waals surface area contributed by atoms with E-state index in [9.17, 15) is 13.2 Å². The molecule has 0 atom stereocenters. The number of rotatable bonds is 3. The molecule has 2 rings (SSSR count). The Morgan fingerprint density at radius 2 is 1.80 bits per heavy atom. The van der Waals surface area contributed by atoms with E-state index in [0.717, 1.165) is 6.07 Å². The lowest BCUT2D eigenvalue weighted by molar-refractivity contribution is -0.138. The summed E-state index contributed by atoms with van der Waals surface area (Å²) in [6.45, 7) is -0.0581. The predicted octanol–water partition coefficient (Wildman–Crippen LogP) is 4.41. The molecule has 0 bridgehead atoms. The lowest BCUT2D eigenvalue weighted by Crippen LogP contribution is -2.12. The number of aromatic nitrogens is 2. The van der Waals surface area contributed by atoms with E-state index in [1.54, 1.807) is 0 Å². The van der Waals surface area contributed by atoms with Gasteiger partial charge in [-0.05, 0) is 11.6 Å². The maximum Gasteiger partial charge on any atom is 0.416 e. The van der Waals surface area contributed by atoms with Crippen LogP contribution >= 0.6 is 23.2 Å². The number of hydrogen-bond donors (Lipinski definition) is 1. The number of nitrogens with zero attached hydrogens (tertiary/aromatic N) is 2. The van der Waals surface area contributed by atoms with Crippen molar-refractivity contribution < 1.29 is 13.2 Å². The van der Waals surface area contributed by atoms with Crippen LogP contribution < -0.4 is 5.32 Å². The van der Waals surface area contributed by atoms with Gasteiger partial charge in [-0.2, -0.15) is 13.2 Å². The summed E-state index contributed by atoms with van der Waals surface area (Å²) in [5, 5.41) is 9.98. The summed E-state index contributed by atoms with van der Waals surface area (Å²) in [6, 6.07) is 6.68. The van der Waals surface area contributed by atoms with Crippen LogP contribution in [0.5, 0.6) is 0 Å². The van der Waals surface area contributed by atoms with Gasteiger partial charge in [0.15, 0.2) is 10.3 Å². The second-order valence-electron chi connectivity index (χ2n) is 3.88. The zero-order valence-corrected chi connectivity index (χ0v) is 11.4. The Hall–Kier alpha value is -1.53. The number of nitrogens with one attached hydrogen (secondary N) is 1. The molecule has 0 amide bonds. The van der Waals surface area contributed by atoms with Crippen molar-refractivity contribution in [2.45, 2.75) is 12.7 Å². The van der Waals surface area contributed by atoms with Crippen LogP contribution in [-0.2, 0) is 12.7 Å². The second kappa shape index (κ2) is 5.85. The Bertz CT molecular complexity index is 617. The van der Waals surface area contributed by atoms with Gasteiger partial charge in [-0.25, -0.2) is 0 Å². The molecule has 0 aliphatic heterocycles. The van der Waals surface area contributed by atoms with Crippen molar-refractivity contribution in [1.29, 1.82) is 0 Å². The highest BCUT2D eigenvalue weighted by molar-refractivity contribution is 6.33. The summed E-state index contributed by atoms with van der Waals surface area (Å²) in [6.07, 6.45) is -4.41. The van der Waals surface area contributed by atoms with Gasteiger partial charge < -0.3 is 5.32 Å². The molecular weight excluding hydrogens is 314 g/mol. The maximum absolute atomic E-state index is 12.8. The van der Waals surface area contributed by atoms with Crippen molar-refractivity contribution in [3.63, 3.8) is 0 Å². The maximum atomic E-state index is 12.8. The van der Waals surface area contributed by atoms with Crippen molar-refractivity contribution >= 4 is 28.9 Å². The number of hydrogen-bond acceptors (Lipinski definition) is 3. The fourth-order valence-electron chi connectivity index (χ4n) is 1.62. The Labute approximate surface area is 122 Å². The van der Waals surface area contributed by atoms with Crippen LogP contribution in [0.2, 0.25) is 10.3 Å². The molecule has 1 aromatic carbocycles. The quantitative estimate of drug-likeness (QED) is 0.909. The average Bonchev–Trinajstić information content (AvgIpc) is 2.39. The highest BCUT2D eigenvalue weighted by Crippen LogP contribution is 2.32. The van der Waals surface area contributed by atoms with Crippen LogP contribution in [0.15, 0.2) is 30.3 Å². The van der Waals surface area contributed by atoms with Crippen molar-refractivity contribution in [3.8, 4) is 0 Å². The summed E-state index contributed by atoms with van der Waals surface area (Å²) in [7, 11) is 0. The topological polar surface area (TPSA) is 37.8 Å². The van der Waals surface area contributed by atoms with Crippen LogP contribution in [0.3, 0.4) is 0 Å². The third kappa shape index (κ3) is 3.52. The van der Waals surface area contributed by atoms with Crippen LogP contribution in [0.25, 0.3) is 0 Å². The third-order valence-corrected chi connectivity index (χ3v) is 2.97. The largest absolute Gasteiger partial charge is 0.416 e. The first-order valence-electron chi connectivity index (χ1n) is 5.45. The van der Waals surface area contributed by atoms with Crippen molar-refractivity contribution in [2.75, 3.05) is 5.32 Å². The van der Waals surface area contributed by atoms with E-state index >= 15 is 0 Å². The molecule has 0 aliphatic carbocycles. The molecule has 0 saturated heterocycles. The average molecular weight is 322 g/mol.